The predicted octanol–water partition coefficient (Wildman–Crippen LogP) is 0.790. The molecule has 3 aromatic rings. The van der Waals surface area contributed by atoms with E-state index in [0.29, 0.717) is 17.4 Å². The fraction of sp³-hybridized carbons (Fsp3) is 0.286. The number of benzene rings is 1. The number of aromatic nitrogens is 7. The van der Waals surface area contributed by atoms with Crippen molar-refractivity contribution in [1.82, 2.24) is 40.3 Å². The van der Waals surface area contributed by atoms with E-state index < -0.39 is 0 Å². The van der Waals surface area contributed by atoms with Crippen molar-refractivity contribution in [3.8, 4) is 11.4 Å². The molecule has 9 nitrogen and oxygen atoms in total. The lowest BCUT2D eigenvalue weighted by Gasteiger charge is -2.12. The van der Waals surface area contributed by atoms with Crippen LogP contribution in [0.1, 0.15) is 6.92 Å². The number of carbonyl (C=O) groups is 1. The summed E-state index contributed by atoms with van der Waals surface area (Å²) in [7, 11) is 0. The second-order valence-corrected chi connectivity index (χ2v) is 5.67. The van der Waals surface area contributed by atoms with Gasteiger partial charge in [-0.2, -0.15) is 9.90 Å². The summed E-state index contributed by atoms with van der Waals surface area (Å²) in [5.74, 6) is 0.234. The highest BCUT2D eigenvalue weighted by molar-refractivity contribution is 6.30. The van der Waals surface area contributed by atoms with Crippen molar-refractivity contribution in [3.63, 3.8) is 0 Å². The van der Waals surface area contributed by atoms with E-state index >= 15 is 0 Å². The molecule has 2 aromatic heterocycles. The van der Waals surface area contributed by atoms with E-state index in [1.54, 1.807) is 35.3 Å². The Balaban J connectivity index is 1.56. The summed E-state index contributed by atoms with van der Waals surface area (Å²) in [6, 6.07) is 6.98. The minimum Gasteiger partial charge on any atom is -0.350 e. The van der Waals surface area contributed by atoms with Crippen LogP contribution < -0.4 is 5.32 Å². The Hall–Kier alpha value is -2.81. The Kier molecular flexibility index (Phi) is 4.80. The molecule has 0 aliphatic heterocycles. The third-order valence-corrected chi connectivity index (χ3v) is 3.43. The Morgan fingerprint density at radius 2 is 2.12 bits per heavy atom. The van der Waals surface area contributed by atoms with Gasteiger partial charge in [0.1, 0.15) is 19.2 Å². The molecule has 124 valence electrons. The summed E-state index contributed by atoms with van der Waals surface area (Å²) in [4.78, 5) is 17.1. The van der Waals surface area contributed by atoms with Gasteiger partial charge in [-0.1, -0.05) is 11.6 Å². The van der Waals surface area contributed by atoms with Crippen molar-refractivity contribution >= 4 is 17.5 Å². The smallest absolute Gasteiger partial charge is 0.243 e. The van der Waals surface area contributed by atoms with E-state index in [1.165, 1.54) is 11.1 Å². The molecule has 0 aliphatic carbocycles. The zero-order valence-corrected chi connectivity index (χ0v) is 13.6. The maximum Gasteiger partial charge on any atom is 0.243 e. The van der Waals surface area contributed by atoms with Crippen LogP contribution in [0.15, 0.2) is 36.9 Å². The summed E-state index contributed by atoms with van der Waals surface area (Å²) in [6.45, 7) is 2.41. The van der Waals surface area contributed by atoms with Gasteiger partial charge in [-0.3, -0.25) is 9.48 Å². The minimum absolute atomic E-state index is 0.0116. The van der Waals surface area contributed by atoms with Gasteiger partial charge in [0.2, 0.25) is 11.7 Å². The van der Waals surface area contributed by atoms with Gasteiger partial charge >= 0.3 is 0 Å². The first kappa shape index (κ1) is 16.1. The highest BCUT2D eigenvalue weighted by atomic mass is 35.5. The van der Waals surface area contributed by atoms with Crippen LogP contribution in [0.5, 0.6) is 0 Å². The van der Waals surface area contributed by atoms with Gasteiger partial charge in [0, 0.05) is 16.6 Å². The van der Waals surface area contributed by atoms with Crippen molar-refractivity contribution in [2.45, 2.75) is 26.1 Å². The normalized spacial score (nSPS) is 12.1. The quantitative estimate of drug-likeness (QED) is 0.707. The van der Waals surface area contributed by atoms with Crippen LogP contribution in [0.3, 0.4) is 0 Å². The second kappa shape index (κ2) is 7.18. The van der Waals surface area contributed by atoms with Gasteiger partial charge in [-0.25, -0.2) is 4.98 Å². The predicted molar refractivity (Wildman–Crippen MR) is 85.9 cm³/mol. The Labute approximate surface area is 142 Å². The molecular weight excluding hydrogens is 332 g/mol. The summed E-state index contributed by atoms with van der Waals surface area (Å²) in [6.07, 6.45) is 3.05. The molecule has 0 aliphatic rings. The average molecular weight is 347 g/mol. The number of tetrazole rings is 1. The number of carbonyl (C=O) groups excluding carboxylic acids is 1. The molecule has 1 N–H and O–H groups in total. The number of nitrogens with zero attached hydrogens (tertiary/aromatic N) is 7. The maximum absolute atomic E-state index is 12.0. The van der Waals surface area contributed by atoms with Crippen LogP contribution in [0, 0.1) is 0 Å². The molecule has 1 aromatic carbocycles. The van der Waals surface area contributed by atoms with E-state index in [0.717, 1.165) is 5.56 Å². The van der Waals surface area contributed by atoms with E-state index in [1.807, 2.05) is 6.92 Å². The molecule has 3 rings (SSSR count). The molecule has 0 radical (unpaired) electrons. The molecule has 0 fully saturated rings. The highest BCUT2D eigenvalue weighted by Crippen LogP contribution is 2.16. The SMILES string of the molecule is C[C@H](Cn1cncn1)NC(=O)Cn1nnc(-c2ccc(Cl)cc2)n1. The molecular formula is C14H15ClN8O. The van der Waals surface area contributed by atoms with Gasteiger partial charge in [-0.15, -0.1) is 10.2 Å². The first-order chi connectivity index (χ1) is 11.6. The van der Waals surface area contributed by atoms with Gasteiger partial charge < -0.3 is 5.32 Å². The zero-order valence-electron chi connectivity index (χ0n) is 12.9. The summed E-state index contributed by atoms with van der Waals surface area (Å²) in [5, 5.41) is 19.5. The van der Waals surface area contributed by atoms with E-state index in [9.17, 15) is 4.79 Å². The fourth-order valence-electron chi connectivity index (χ4n) is 2.13. The second-order valence-electron chi connectivity index (χ2n) is 5.24. The van der Waals surface area contributed by atoms with Crippen LogP contribution in [0.25, 0.3) is 11.4 Å². The van der Waals surface area contributed by atoms with Crippen LogP contribution in [0.4, 0.5) is 0 Å². The van der Waals surface area contributed by atoms with E-state index in [-0.39, 0.29) is 18.5 Å². The lowest BCUT2D eigenvalue weighted by atomic mass is 10.2. The first-order valence-electron chi connectivity index (χ1n) is 7.25. The lowest BCUT2D eigenvalue weighted by Crippen LogP contribution is -2.38. The number of nitrogens with one attached hydrogen (secondary N) is 1. The molecule has 0 unspecified atom stereocenters. The third kappa shape index (κ3) is 4.13. The number of rotatable bonds is 6. The number of halogens is 1. The first-order valence-corrected chi connectivity index (χ1v) is 7.63. The van der Waals surface area contributed by atoms with Gasteiger partial charge in [0.05, 0.1) is 6.54 Å². The van der Waals surface area contributed by atoms with Crippen molar-refractivity contribution in [2.24, 2.45) is 0 Å². The Morgan fingerprint density at radius 1 is 1.33 bits per heavy atom. The van der Waals surface area contributed by atoms with Gasteiger partial charge in [0.25, 0.3) is 0 Å². The molecule has 2 heterocycles. The third-order valence-electron chi connectivity index (χ3n) is 3.18. The highest BCUT2D eigenvalue weighted by Gasteiger charge is 2.12. The van der Waals surface area contributed by atoms with Crippen LogP contribution in [0.2, 0.25) is 5.02 Å². The monoisotopic (exact) mass is 346 g/mol. The zero-order chi connectivity index (χ0) is 16.9. The minimum atomic E-state index is -0.206. The fourth-order valence-corrected chi connectivity index (χ4v) is 2.25. The number of hydrogen-bond donors (Lipinski definition) is 1. The molecule has 0 saturated heterocycles. The van der Waals surface area contributed by atoms with Crippen LogP contribution in [-0.4, -0.2) is 46.9 Å². The van der Waals surface area contributed by atoms with Crippen molar-refractivity contribution in [2.75, 3.05) is 0 Å². The largest absolute Gasteiger partial charge is 0.350 e. The Bertz CT molecular complexity index is 799. The summed E-state index contributed by atoms with van der Waals surface area (Å²) < 4.78 is 1.65. The van der Waals surface area contributed by atoms with Crippen molar-refractivity contribution in [3.05, 3.63) is 41.9 Å². The molecule has 0 spiro atoms. The van der Waals surface area contributed by atoms with Gasteiger partial charge in [0.15, 0.2) is 0 Å². The molecule has 24 heavy (non-hydrogen) atoms. The topological polar surface area (TPSA) is 103 Å². The number of hydrogen-bond acceptors (Lipinski definition) is 6. The van der Waals surface area contributed by atoms with Gasteiger partial charge in [-0.05, 0) is 36.4 Å². The summed E-state index contributed by atoms with van der Waals surface area (Å²) >= 11 is 5.85. The maximum atomic E-state index is 12.0. The standard InChI is InChI=1S/C14H15ClN8O/c1-10(6-22-9-16-8-17-22)18-13(24)7-23-20-14(19-21-23)11-2-4-12(15)5-3-11/h2-5,8-10H,6-7H2,1H3,(H,18,24)/t10-/m1/s1. The van der Waals surface area contributed by atoms with Crippen LogP contribution >= 0.6 is 11.6 Å². The van der Waals surface area contributed by atoms with Crippen molar-refractivity contribution in [1.29, 1.82) is 0 Å². The molecule has 0 bridgehead atoms. The average Bonchev–Trinajstić information content (AvgIpc) is 3.19. The molecule has 10 heteroatoms. The van der Waals surface area contributed by atoms with E-state index in [2.05, 4.69) is 30.8 Å². The van der Waals surface area contributed by atoms with E-state index in [4.69, 9.17) is 11.6 Å². The molecule has 1 atom stereocenters. The van der Waals surface area contributed by atoms with Crippen LogP contribution in [-0.2, 0) is 17.9 Å². The Morgan fingerprint density at radius 3 is 2.83 bits per heavy atom. The lowest BCUT2D eigenvalue weighted by molar-refractivity contribution is -0.122. The molecule has 1 amide bonds. The number of amides is 1. The summed E-state index contributed by atoms with van der Waals surface area (Å²) in [5.41, 5.74) is 0.783. The molecule has 0 saturated carbocycles. The van der Waals surface area contributed by atoms with Crippen molar-refractivity contribution < 1.29 is 4.79 Å².